The maximum atomic E-state index is 13.0. The van der Waals surface area contributed by atoms with Crippen LogP contribution in [-0.4, -0.2) is 63.4 Å². The van der Waals surface area contributed by atoms with Crippen molar-refractivity contribution in [2.75, 3.05) is 33.6 Å². The van der Waals surface area contributed by atoms with Crippen LogP contribution in [0, 0.1) is 17.8 Å². The van der Waals surface area contributed by atoms with Gasteiger partial charge in [0.1, 0.15) is 5.76 Å². The highest BCUT2D eigenvalue weighted by Crippen LogP contribution is 2.49. The van der Waals surface area contributed by atoms with Gasteiger partial charge in [-0.25, -0.2) is 0 Å². The molecule has 0 aliphatic heterocycles. The van der Waals surface area contributed by atoms with E-state index in [9.17, 15) is 27.6 Å². The monoisotopic (exact) mass is 544 g/mol. The molecular weight excluding hydrogens is 513 g/mol. The van der Waals surface area contributed by atoms with Crippen LogP contribution in [0.3, 0.4) is 0 Å². The molecule has 37 heavy (non-hydrogen) atoms. The van der Waals surface area contributed by atoms with Gasteiger partial charge in [0.2, 0.25) is 5.91 Å². The Hall–Kier alpha value is -2.89. The molecule has 0 aromatic heterocycles. The highest BCUT2D eigenvalue weighted by atomic mass is 32.2. The summed E-state index contributed by atoms with van der Waals surface area (Å²) >= 11 is 1.32. The van der Waals surface area contributed by atoms with Crippen molar-refractivity contribution in [3.05, 3.63) is 46.0 Å². The van der Waals surface area contributed by atoms with Crippen LogP contribution in [0.1, 0.15) is 26.2 Å². The van der Waals surface area contributed by atoms with Crippen LogP contribution >= 0.6 is 11.8 Å². The first-order valence-electron chi connectivity index (χ1n) is 11.9. The molecule has 0 spiro atoms. The van der Waals surface area contributed by atoms with Crippen LogP contribution in [-0.2, 0) is 28.6 Å². The number of thioether (sulfide) groups is 1. The summed E-state index contributed by atoms with van der Waals surface area (Å²) in [6.07, 6.45) is 3.55. The molecule has 0 aromatic carbocycles. The van der Waals surface area contributed by atoms with Gasteiger partial charge < -0.3 is 24.8 Å². The van der Waals surface area contributed by atoms with Gasteiger partial charge in [0.15, 0.2) is 17.3 Å². The number of ketones is 1. The number of ether oxygens (including phenoxy) is 3. The van der Waals surface area contributed by atoms with E-state index < -0.39 is 30.6 Å². The summed E-state index contributed by atoms with van der Waals surface area (Å²) in [5, 5.41) is 4.33. The standard InChI is InChI=1S/C25H31F3N2O6S/c1-5-36-18-10-13-6-8-16(30-20(32)12-29-24(33)25(26,27)28)15-11-17(31)19(37-4)9-7-14(15)21(13)23(35-3)22(18)34-2/h9-11,13-14,16,21H,5-8,12H2,1-4H3,(H,29,33)(H,30,32). The summed E-state index contributed by atoms with van der Waals surface area (Å²) in [6, 6.07) is -0.627. The van der Waals surface area contributed by atoms with E-state index >= 15 is 0 Å². The second kappa shape index (κ2) is 12.1. The molecule has 1 fully saturated rings. The fourth-order valence-corrected chi connectivity index (χ4v) is 5.69. The smallest absolute Gasteiger partial charge is 0.471 e. The fourth-order valence-electron chi connectivity index (χ4n) is 5.17. The topological polar surface area (TPSA) is 103 Å². The van der Waals surface area contributed by atoms with Gasteiger partial charge in [-0.3, -0.25) is 14.4 Å². The first-order chi connectivity index (χ1) is 17.5. The van der Waals surface area contributed by atoms with Crippen molar-refractivity contribution in [1.29, 1.82) is 0 Å². The molecule has 2 amide bonds. The van der Waals surface area contributed by atoms with Gasteiger partial charge in [-0.1, -0.05) is 6.08 Å². The third kappa shape index (κ3) is 6.34. The van der Waals surface area contributed by atoms with Gasteiger partial charge in [0.05, 0.1) is 38.3 Å². The molecule has 4 unspecified atom stereocenters. The zero-order valence-corrected chi connectivity index (χ0v) is 21.9. The predicted molar refractivity (Wildman–Crippen MR) is 131 cm³/mol. The minimum absolute atomic E-state index is 0.0741. The summed E-state index contributed by atoms with van der Waals surface area (Å²) in [5.74, 6) is -2.16. The molecule has 2 N–H and O–H groups in total. The lowest BCUT2D eigenvalue weighted by molar-refractivity contribution is -0.173. The number of nitrogens with one attached hydrogen (secondary N) is 2. The van der Waals surface area contributed by atoms with Crippen LogP contribution in [0.15, 0.2) is 46.0 Å². The number of fused-ring (bicyclic) bond motifs is 3. The Kier molecular flexibility index (Phi) is 9.38. The van der Waals surface area contributed by atoms with Gasteiger partial charge in [-0.15, -0.1) is 11.8 Å². The first kappa shape index (κ1) is 28.7. The lowest BCUT2D eigenvalue weighted by Crippen LogP contribution is -2.46. The number of hydrogen-bond donors (Lipinski definition) is 2. The Morgan fingerprint density at radius 2 is 1.92 bits per heavy atom. The van der Waals surface area contributed by atoms with Gasteiger partial charge in [-0.05, 0) is 62.0 Å². The highest BCUT2D eigenvalue weighted by Gasteiger charge is 2.45. The molecule has 1 saturated carbocycles. The predicted octanol–water partition coefficient (Wildman–Crippen LogP) is 3.38. The fraction of sp³-hybridized carbons (Fsp3) is 0.560. The minimum atomic E-state index is -5.09. The number of hydrogen-bond acceptors (Lipinski definition) is 7. The summed E-state index contributed by atoms with van der Waals surface area (Å²) in [7, 11) is 3.07. The second-order valence-corrected chi connectivity index (χ2v) is 9.60. The van der Waals surface area contributed by atoms with Crippen LogP contribution in [0.4, 0.5) is 13.2 Å². The molecule has 3 aliphatic rings. The Balaban J connectivity index is 1.98. The molecule has 0 radical (unpaired) electrons. The molecule has 12 heteroatoms. The van der Waals surface area contributed by atoms with Crippen molar-refractivity contribution in [1.82, 2.24) is 10.6 Å². The van der Waals surface area contributed by atoms with Gasteiger partial charge >= 0.3 is 12.1 Å². The van der Waals surface area contributed by atoms with E-state index in [1.807, 2.05) is 19.1 Å². The maximum absolute atomic E-state index is 13.0. The van der Waals surface area contributed by atoms with Crippen LogP contribution in [0.5, 0.6) is 0 Å². The van der Waals surface area contributed by atoms with Crippen molar-refractivity contribution in [2.24, 2.45) is 17.8 Å². The molecular formula is C25H31F3N2O6S. The summed E-state index contributed by atoms with van der Waals surface area (Å²) in [4.78, 5) is 37.3. The Morgan fingerprint density at radius 3 is 2.51 bits per heavy atom. The molecule has 3 aliphatic carbocycles. The van der Waals surface area contributed by atoms with Gasteiger partial charge in [-0.2, -0.15) is 13.2 Å². The quantitative estimate of drug-likeness (QED) is 0.483. The normalized spacial score (nSPS) is 25.8. The maximum Gasteiger partial charge on any atom is 0.471 e. The summed E-state index contributed by atoms with van der Waals surface area (Å²) < 4.78 is 54.9. The summed E-state index contributed by atoms with van der Waals surface area (Å²) in [6.45, 7) is 1.43. The number of amides is 2. The van der Waals surface area contributed by atoms with E-state index in [4.69, 9.17) is 14.2 Å². The number of allylic oxidation sites excluding steroid dienone is 5. The number of halogens is 3. The lowest BCUT2D eigenvalue weighted by Gasteiger charge is -2.36. The van der Waals surface area contributed by atoms with E-state index in [0.29, 0.717) is 53.6 Å². The van der Waals surface area contributed by atoms with Crippen molar-refractivity contribution in [3.63, 3.8) is 0 Å². The van der Waals surface area contributed by atoms with E-state index in [1.54, 1.807) is 18.7 Å². The zero-order chi connectivity index (χ0) is 27.3. The first-order valence-corrected chi connectivity index (χ1v) is 13.1. The van der Waals surface area contributed by atoms with E-state index in [2.05, 4.69) is 5.32 Å². The molecule has 4 atom stereocenters. The third-order valence-electron chi connectivity index (χ3n) is 6.67. The van der Waals surface area contributed by atoms with Crippen molar-refractivity contribution >= 4 is 29.4 Å². The number of methoxy groups -OCH3 is 2. The lowest BCUT2D eigenvalue weighted by atomic mass is 9.73. The molecule has 0 saturated heterocycles. The number of alkyl halides is 3. The van der Waals surface area contributed by atoms with E-state index in [1.165, 1.54) is 24.9 Å². The van der Waals surface area contributed by atoms with Crippen LogP contribution < -0.4 is 10.6 Å². The largest absolute Gasteiger partial charge is 0.497 e. The number of rotatable bonds is 8. The average Bonchev–Trinajstić information content (AvgIpc) is 3.09. The minimum Gasteiger partial charge on any atom is -0.497 e. The molecule has 8 nitrogen and oxygen atoms in total. The molecule has 0 heterocycles. The van der Waals surface area contributed by atoms with Gasteiger partial charge in [0.25, 0.3) is 0 Å². The third-order valence-corrected chi connectivity index (χ3v) is 7.48. The molecule has 204 valence electrons. The van der Waals surface area contributed by atoms with Gasteiger partial charge in [0, 0.05) is 5.92 Å². The highest BCUT2D eigenvalue weighted by molar-refractivity contribution is 8.03. The number of carbonyl (C=O) groups is 3. The van der Waals surface area contributed by atoms with Crippen molar-refractivity contribution < 1.29 is 41.8 Å². The SMILES string of the molecule is CCOC1=CC2CCC(NC(=O)CNC(=O)C(F)(F)F)C3=CC(=O)C(SC)=CCC3C2C(OC)=C1OC. The van der Waals surface area contributed by atoms with Crippen LogP contribution in [0.25, 0.3) is 0 Å². The Bertz CT molecular complexity index is 1050. The molecule has 0 aromatic rings. The van der Waals surface area contributed by atoms with E-state index in [-0.39, 0.29) is 23.5 Å². The van der Waals surface area contributed by atoms with Crippen LogP contribution in [0.2, 0.25) is 0 Å². The second-order valence-electron chi connectivity index (χ2n) is 8.76. The Morgan fingerprint density at radius 1 is 1.19 bits per heavy atom. The van der Waals surface area contributed by atoms with Crippen molar-refractivity contribution in [2.45, 2.75) is 38.4 Å². The Labute approximate surface area is 217 Å². The zero-order valence-electron chi connectivity index (χ0n) is 21.1. The summed E-state index contributed by atoms with van der Waals surface area (Å²) in [5.41, 5.74) is 0.659. The molecule has 0 bridgehead atoms. The number of carbonyl (C=O) groups excluding carboxylic acids is 3. The van der Waals surface area contributed by atoms with Crippen molar-refractivity contribution in [3.8, 4) is 0 Å². The van der Waals surface area contributed by atoms with E-state index in [0.717, 1.165) is 0 Å². The average molecular weight is 545 g/mol. The molecule has 3 rings (SSSR count).